The molecule has 0 saturated heterocycles. The average molecular weight is 278 g/mol. The second-order valence-electron chi connectivity index (χ2n) is 4.87. The van der Waals surface area contributed by atoms with E-state index in [0.717, 1.165) is 25.1 Å². The molecule has 0 aliphatic carbocycles. The molecular formula is C15H22N2O3. The van der Waals surface area contributed by atoms with Crippen molar-refractivity contribution in [3.8, 4) is 5.75 Å². The lowest BCUT2D eigenvalue weighted by Crippen LogP contribution is -2.38. The first-order chi connectivity index (χ1) is 9.76. The zero-order chi connectivity index (χ0) is 14.4. The first-order valence-corrected chi connectivity index (χ1v) is 7.05. The monoisotopic (exact) mass is 278 g/mol. The fourth-order valence-electron chi connectivity index (χ4n) is 2.36. The van der Waals surface area contributed by atoms with Gasteiger partial charge in [0, 0.05) is 13.7 Å². The number of carbonyl (C=O) groups is 1. The van der Waals surface area contributed by atoms with Crippen molar-refractivity contribution in [1.82, 2.24) is 5.32 Å². The molecule has 0 aromatic heterocycles. The van der Waals surface area contributed by atoms with E-state index in [0.29, 0.717) is 24.5 Å². The normalized spacial score (nSPS) is 14.7. The lowest BCUT2D eigenvalue weighted by Gasteiger charge is -2.23. The number of amides is 1. The smallest absolute Gasteiger partial charge is 0.255 e. The zero-order valence-electron chi connectivity index (χ0n) is 12.1. The van der Waals surface area contributed by atoms with Crippen LogP contribution in [0.4, 0.5) is 5.69 Å². The third kappa shape index (κ3) is 3.42. The van der Waals surface area contributed by atoms with E-state index in [9.17, 15) is 4.79 Å². The van der Waals surface area contributed by atoms with Crippen LogP contribution in [0.25, 0.3) is 0 Å². The minimum Gasteiger partial charge on any atom is -0.489 e. The first kappa shape index (κ1) is 14.7. The number of para-hydroxylation sites is 1. The van der Waals surface area contributed by atoms with Crippen molar-refractivity contribution in [3.63, 3.8) is 0 Å². The second-order valence-corrected chi connectivity index (χ2v) is 4.87. The average Bonchev–Trinajstić information content (AvgIpc) is 2.47. The van der Waals surface area contributed by atoms with Gasteiger partial charge in [0.2, 0.25) is 0 Å². The number of fused-ring (bicyclic) bond motifs is 1. The summed E-state index contributed by atoms with van der Waals surface area (Å²) < 4.78 is 10.8. The largest absolute Gasteiger partial charge is 0.489 e. The molecule has 0 radical (unpaired) electrons. The number of methoxy groups -OCH3 is 1. The highest BCUT2D eigenvalue weighted by Gasteiger charge is 2.20. The van der Waals surface area contributed by atoms with Crippen molar-refractivity contribution in [2.24, 2.45) is 0 Å². The van der Waals surface area contributed by atoms with Crippen molar-refractivity contribution in [2.45, 2.75) is 25.8 Å². The maximum Gasteiger partial charge on any atom is 0.255 e. The number of anilines is 1. The lowest BCUT2D eigenvalue weighted by atomic mass is 10.1. The van der Waals surface area contributed by atoms with Gasteiger partial charge in [-0.1, -0.05) is 19.4 Å². The predicted octanol–water partition coefficient (Wildman–Crippen LogP) is 2.04. The molecule has 2 rings (SSSR count). The van der Waals surface area contributed by atoms with E-state index in [-0.39, 0.29) is 11.9 Å². The highest BCUT2D eigenvalue weighted by atomic mass is 16.5. The van der Waals surface area contributed by atoms with Crippen LogP contribution in [0.15, 0.2) is 18.2 Å². The Balaban J connectivity index is 2.12. The van der Waals surface area contributed by atoms with E-state index < -0.39 is 0 Å². The van der Waals surface area contributed by atoms with Gasteiger partial charge in [0.05, 0.1) is 23.9 Å². The van der Waals surface area contributed by atoms with Crippen molar-refractivity contribution in [3.05, 3.63) is 23.8 Å². The topological polar surface area (TPSA) is 59.6 Å². The van der Waals surface area contributed by atoms with Crippen molar-refractivity contribution in [2.75, 3.05) is 32.2 Å². The summed E-state index contributed by atoms with van der Waals surface area (Å²) in [4.78, 5) is 12.4. The molecule has 0 bridgehead atoms. The molecule has 5 heteroatoms. The molecule has 110 valence electrons. The Morgan fingerprint density at radius 2 is 2.40 bits per heavy atom. The Labute approximate surface area is 119 Å². The maximum atomic E-state index is 12.4. The first-order valence-electron chi connectivity index (χ1n) is 7.05. The molecule has 1 unspecified atom stereocenters. The van der Waals surface area contributed by atoms with Crippen LogP contribution in [0.3, 0.4) is 0 Å². The summed E-state index contributed by atoms with van der Waals surface area (Å²) in [5.74, 6) is 0.532. The van der Waals surface area contributed by atoms with E-state index in [1.807, 2.05) is 12.1 Å². The fourth-order valence-corrected chi connectivity index (χ4v) is 2.36. The number of ether oxygens (including phenoxy) is 2. The SMILES string of the molecule is CCCC(COC)NC(=O)c1cccc2c1OCCN2. The van der Waals surface area contributed by atoms with Gasteiger partial charge >= 0.3 is 0 Å². The van der Waals surface area contributed by atoms with Crippen LogP contribution in [0, 0.1) is 0 Å². The summed E-state index contributed by atoms with van der Waals surface area (Å²) in [6.07, 6.45) is 1.90. The van der Waals surface area contributed by atoms with Gasteiger partial charge < -0.3 is 20.1 Å². The van der Waals surface area contributed by atoms with Crippen LogP contribution in [0.5, 0.6) is 5.75 Å². The highest BCUT2D eigenvalue weighted by Crippen LogP contribution is 2.31. The van der Waals surface area contributed by atoms with E-state index >= 15 is 0 Å². The third-order valence-electron chi connectivity index (χ3n) is 3.26. The van der Waals surface area contributed by atoms with E-state index in [2.05, 4.69) is 17.6 Å². The summed E-state index contributed by atoms with van der Waals surface area (Å²) in [5.41, 5.74) is 1.45. The van der Waals surface area contributed by atoms with Crippen molar-refractivity contribution < 1.29 is 14.3 Å². The minimum absolute atomic E-state index is 0.0323. The summed E-state index contributed by atoms with van der Waals surface area (Å²) in [6, 6.07) is 5.60. The highest BCUT2D eigenvalue weighted by molar-refractivity contribution is 5.99. The number of rotatable bonds is 6. The summed E-state index contributed by atoms with van der Waals surface area (Å²) in [6.45, 7) is 3.95. The molecule has 5 nitrogen and oxygen atoms in total. The summed E-state index contributed by atoms with van der Waals surface area (Å²) in [5, 5.41) is 6.25. The van der Waals surface area contributed by atoms with Gasteiger partial charge in [0.15, 0.2) is 5.75 Å². The summed E-state index contributed by atoms with van der Waals surface area (Å²) in [7, 11) is 1.65. The number of benzene rings is 1. The third-order valence-corrected chi connectivity index (χ3v) is 3.26. The van der Waals surface area contributed by atoms with Crippen LogP contribution in [-0.2, 0) is 4.74 Å². The molecule has 0 saturated carbocycles. The molecule has 1 aliphatic rings. The number of carbonyl (C=O) groups excluding carboxylic acids is 1. The molecule has 1 aliphatic heterocycles. The Hall–Kier alpha value is -1.75. The van der Waals surface area contributed by atoms with Gasteiger partial charge in [-0.3, -0.25) is 4.79 Å². The van der Waals surface area contributed by atoms with Crippen LogP contribution in [-0.4, -0.2) is 38.8 Å². The number of hydrogen-bond acceptors (Lipinski definition) is 4. The molecule has 0 spiro atoms. The van der Waals surface area contributed by atoms with Crippen LogP contribution < -0.4 is 15.4 Å². The van der Waals surface area contributed by atoms with Gasteiger partial charge in [-0.2, -0.15) is 0 Å². The van der Waals surface area contributed by atoms with E-state index in [1.165, 1.54) is 0 Å². The van der Waals surface area contributed by atoms with Crippen LogP contribution in [0.2, 0.25) is 0 Å². The van der Waals surface area contributed by atoms with Gasteiger partial charge in [0.25, 0.3) is 5.91 Å². The minimum atomic E-state index is -0.110. The molecule has 20 heavy (non-hydrogen) atoms. The number of nitrogens with one attached hydrogen (secondary N) is 2. The molecule has 0 fully saturated rings. The fraction of sp³-hybridized carbons (Fsp3) is 0.533. The Morgan fingerprint density at radius 1 is 1.55 bits per heavy atom. The van der Waals surface area contributed by atoms with E-state index in [4.69, 9.17) is 9.47 Å². The predicted molar refractivity (Wildman–Crippen MR) is 78.5 cm³/mol. The molecule has 1 atom stereocenters. The maximum absolute atomic E-state index is 12.4. The Bertz CT molecular complexity index is 456. The Morgan fingerprint density at radius 3 is 3.15 bits per heavy atom. The molecule has 1 heterocycles. The van der Waals surface area contributed by atoms with Crippen molar-refractivity contribution >= 4 is 11.6 Å². The van der Waals surface area contributed by atoms with Crippen LogP contribution >= 0.6 is 0 Å². The van der Waals surface area contributed by atoms with E-state index in [1.54, 1.807) is 13.2 Å². The molecule has 1 amide bonds. The van der Waals surface area contributed by atoms with Crippen LogP contribution in [0.1, 0.15) is 30.1 Å². The molecular weight excluding hydrogens is 256 g/mol. The van der Waals surface area contributed by atoms with Gasteiger partial charge in [-0.15, -0.1) is 0 Å². The number of hydrogen-bond donors (Lipinski definition) is 2. The quantitative estimate of drug-likeness (QED) is 0.836. The zero-order valence-corrected chi connectivity index (χ0v) is 12.1. The molecule has 2 N–H and O–H groups in total. The molecule has 1 aromatic rings. The molecule has 1 aromatic carbocycles. The van der Waals surface area contributed by atoms with Crippen molar-refractivity contribution in [1.29, 1.82) is 0 Å². The van der Waals surface area contributed by atoms with Gasteiger partial charge in [0.1, 0.15) is 6.61 Å². The Kier molecular flexibility index (Phi) is 5.24. The van der Waals surface area contributed by atoms with Gasteiger partial charge in [-0.05, 0) is 18.6 Å². The van der Waals surface area contributed by atoms with Gasteiger partial charge in [-0.25, -0.2) is 0 Å². The lowest BCUT2D eigenvalue weighted by molar-refractivity contribution is 0.0887. The summed E-state index contributed by atoms with van der Waals surface area (Å²) >= 11 is 0. The second kappa shape index (κ2) is 7.14. The standard InChI is InChI=1S/C15H22N2O3/c1-3-5-11(10-19-2)17-15(18)12-6-4-7-13-14(12)20-9-8-16-13/h4,6-7,11,16H,3,5,8-10H2,1-2H3,(H,17,18).